The number of carbonyl (C=O) groups excluding carboxylic acids is 2. The Morgan fingerprint density at radius 1 is 1.09 bits per heavy atom. The third kappa shape index (κ3) is 7.29. The maximum atomic E-state index is 12.6. The number of hydrogen-bond acceptors (Lipinski definition) is 5. The molecule has 176 valence electrons. The van der Waals surface area contributed by atoms with Crippen LogP contribution in [-0.2, 0) is 22.3 Å². The van der Waals surface area contributed by atoms with Gasteiger partial charge in [-0.15, -0.1) is 0 Å². The van der Waals surface area contributed by atoms with Gasteiger partial charge in [0.2, 0.25) is 5.91 Å². The van der Waals surface area contributed by atoms with Crippen molar-refractivity contribution in [2.24, 2.45) is 0 Å². The number of pyridine rings is 1. The van der Waals surface area contributed by atoms with Crippen LogP contribution >= 0.6 is 0 Å². The fourth-order valence-corrected chi connectivity index (χ4v) is 3.14. The molecule has 0 fully saturated rings. The molecule has 0 radical (unpaired) electrons. The van der Waals surface area contributed by atoms with Crippen LogP contribution < -0.4 is 16.0 Å². The van der Waals surface area contributed by atoms with Gasteiger partial charge in [0.1, 0.15) is 6.10 Å². The lowest BCUT2D eigenvalue weighted by Gasteiger charge is -2.31. The second kappa shape index (κ2) is 10.9. The Balaban J connectivity index is 1.49. The smallest absolute Gasteiger partial charge is 0.394 e. The minimum atomic E-state index is -4.47. The highest BCUT2D eigenvalue weighted by atomic mass is 19.4. The van der Waals surface area contributed by atoms with Crippen LogP contribution in [0.3, 0.4) is 0 Å². The zero-order valence-electron chi connectivity index (χ0n) is 17.4. The van der Waals surface area contributed by atoms with Crippen LogP contribution in [0.4, 0.5) is 23.7 Å². The van der Waals surface area contributed by atoms with Gasteiger partial charge in [-0.2, -0.15) is 13.2 Å². The summed E-state index contributed by atoms with van der Waals surface area (Å²) in [6.45, 7) is -0.143. The molecule has 11 heteroatoms. The van der Waals surface area contributed by atoms with Crippen molar-refractivity contribution in [3.63, 3.8) is 0 Å². The zero-order chi connectivity index (χ0) is 23.8. The number of aliphatic hydroxyl groups excluding tert-OH is 1. The summed E-state index contributed by atoms with van der Waals surface area (Å²) in [6.07, 6.45) is -1.01. The molecule has 0 aliphatic carbocycles. The van der Waals surface area contributed by atoms with E-state index in [2.05, 4.69) is 20.9 Å². The lowest BCUT2D eigenvalue weighted by molar-refractivity contribution is -0.137. The van der Waals surface area contributed by atoms with Gasteiger partial charge in [0.05, 0.1) is 43.0 Å². The number of alkyl halides is 3. The number of halogens is 3. The molecule has 33 heavy (non-hydrogen) atoms. The molecule has 3 amide bonds. The quantitative estimate of drug-likeness (QED) is 0.471. The van der Waals surface area contributed by atoms with Crippen molar-refractivity contribution in [2.45, 2.75) is 37.4 Å². The molecule has 0 saturated carbocycles. The van der Waals surface area contributed by atoms with E-state index in [1.165, 1.54) is 0 Å². The highest BCUT2D eigenvalue weighted by Crippen LogP contribution is 2.29. The molecule has 2 heterocycles. The summed E-state index contributed by atoms with van der Waals surface area (Å²) in [6, 6.07) is 7.99. The van der Waals surface area contributed by atoms with Gasteiger partial charge in [-0.05, 0) is 36.4 Å². The van der Waals surface area contributed by atoms with E-state index in [1.807, 2.05) is 6.07 Å². The number of ether oxygens (including phenoxy) is 1. The Morgan fingerprint density at radius 2 is 1.85 bits per heavy atom. The fraction of sp³-hybridized carbons (Fsp3) is 0.318. The predicted molar refractivity (Wildman–Crippen MR) is 113 cm³/mol. The van der Waals surface area contributed by atoms with E-state index in [0.717, 1.165) is 24.3 Å². The average molecular weight is 464 g/mol. The summed E-state index contributed by atoms with van der Waals surface area (Å²) in [7, 11) is 0. The molecule has 0 saturated heterocycles. The molecule has 1 aliphatic rings. The maximum Gasteiger partial charge on any atom is 0.416 e. The number of aliphatic hydroxyl groups is 1. The van der Waals surface area contributed by atoms with Crippen LogP contribution in [0.2, 0.25) is 0 Å². The van der Waals surface area contributed by atoms with Crippen LogP contribution in [0, 0.1) is 0 Å². The number of hydrogen-bond donors (Lipinski definition) is 4. The van der Waals surface area contributed by atoms with Crippen molar-refractivity contribution in [1.29, 1.82) is 0 Å². The third-order valence-electron chi connectivity index (χ3n) is 4.81. The first kappa shape index (κ1) is 24.2. The molecule has 0 spiro atoms. The molecule has 3 atom stereocenters. The van der Waals surface area contributed by atoms with Gasteiger partial charge in [-0.25, -0.2) is 4.79 Å². The number of rotatable bonds is 7. The first-order valence-electron chi connectivity index (χ1n) is 10.1. The SMILES string of the molecule is O=C(C[C@H]1C=C[C@H](NC(=O)Nc2ccc(C(F)(F)F)cc2)[C@@H](CO)O1)NCc1ccccn1. The maximum absolute atomic E-state index is 12.6. The van der Waals surface area contributed by atoms with Crippen molar-refractivity contribution >= 4 is 17.6 Å². The van der Waals surface area contributed by atoms with Gasteiger partial charge in [-0.1, -0.05) is 18.2 Å². The number of aromatic nitrogens is 1. The predicted octanol–water partition coefficient (Wildman–Crippen LogP) is 2.61. The molecule has 1 aliphatic heterocycles. The Bertz CT molecular complexity index is 968. The number of anilines is 1. The molecule has 0 bridgehead atoms. The normalized spacial score (nSPS) is 20.2. The van der Waals surface area contributed by atoms with Crippen molar-refractivity contribution in [2.75, 3.05) is 11.9 Å². The van der Waals surface area contributed by atoms with E-state index in [-0.39, 0.29) is 24.6 Å². The molecular weight excluding hydrogens is 441 g/mol. The van der Waals surface area contributed by atoms with Crippen molar-refractivity contribution < 1.29 is 32.6 Å². The van der Waals surface area contributed by atoms with Gasteiger partial charge in [-0.3, -0.25) is 9.78 Å². The number of carbonyl (C=O) groups is 2. The van der Waals surface area contributed by atoms with Gasteiger partial charge in [0.15, 0.2) is 0 Å². The first-order valence-corrected chi connectivity index (χ1v) is 10.1. The van der Waals surface area contributed by atoms with Crippen LogP contribution in [-0.4, -0.2) is 46.9 Å². The van der Waals surface area contributed by atoms with Crippen molar-refractivity contribution in [3.8, 4) is 0 Å². The summed E-state index contributed by atoms with van der Waals surface area (Å²) in [4.78, 5) is 28.5. The van der Waals surface area contributed by atoms with E-state index in [1.54, 1.807) is 30.5 Å². The van der Waals surface area contributed by atoms with Crippen LogP contribution in [0.25, 0.3) is 0 Å². The summed E-state index contributed by atoms with van der Waals surface area (Å²) >= 11 is 0. The highest BCUT2D eigenvalue weighted by molar-refractivity contribution is 5.89. The van der Waals surface area contributed by atoms with E-state index < -0.39 is 42.6 Å². The lowest BCUT2D eigenvalue weighted by Crippen LogP contribution is -2.50. The lowest BCUT2D eigenvalue weighted by atomic mass is 10.0. The first-order chi connectivity index (χ1) is 15.7. The number of nitrogens with zero attached hydrogens (tertiary/aromatic N) is 1. The molecule has 1 aromatic carbocycles. The Morgan fingerprint density at radius 3 is 2.48 bits per heavy atom. The molecule has 0 unspecified atom stereocenters. The summed E-state index contributed by atoms with van der Waals surface area (Å²) in [5, 5.41) is 17.4. The highest BCUT2D eigenvalue weighted by Gasteiger charge is 2.31. The van der Waals surface area contributed by atoms with Gasteiger partial charge in [0, 0.05) is 11.9 Å². The average Bonchev–Trinajstić information content (AvgIpc) is 2.79. The Hall–Kier alpha value is -3.44. The topological polar surface area (TPSA) is 113 Å². The second-order valence-electron chi connectivity index (χ2n) is 7.28. The molecular formula is C22H23F3N4O4. The number of urea groups is 1. The summed E-state index contributed by atoms with van der Waals surface area (Å²) < 4.78 is 43.6. The zero-order valence-corrected chi connectivity index (χ0v) is 17.4. The minimum Gasteiger partial charge on any atom is -0.394 e. The monoisotopic (exact) mass is 464 g/mol. The third-order valence-corrected chi connectivity index (χ3v) is 4.81. The number of benzene rings is 1. The number of amides is 3. The van der Waals surface area contributed by atoms with Crippen molar-refractivity contribution in [1.82, 2.24) is 15.6 Å². The molecule has 8 nitrogen and oxygen atoms in total. The van der Waals surface area contributed by atoms with Crippen LogP contribution in [0.5, 0.6) is 0 Å². The Labute approximate surface area is 187 Å². The fourth-order valence-electron chi connectivity index (χ4n) is 3.14. The van der Waals surface area contributed by atoms with Crippen LogP contribution in [0.15, 0.2) is 60.8 Å². The molecule has 2 aromatic rings. The van der Waals surface area contributed by atoms with E-state index in [4.69, 9.17) is 4.74 Å². The van der Waals surface area contributed by atoms with E-state index >= 15 is 0 Å². The minimum absolute atomic E-state index is 0.0182. The van der Waals surface area contributed by atoms with Gasteiger partial charge >= 0.3 is 12.2 Å². The van der Waals surface area contributed by atoms with Gasteiger partial charge < -0.3 is 25.8 Å². The van der Waals surface area contributed by atoms with Gasteiger partial charge in [0.25, 0.3) is 0 Å². The standard InChI is InChI=1S/C22H23F3N4O4/c23-22(24,25)14-4-6-15(7-5-14)28-21(32)29-18-9-8-17(33-19(18)13-30)11-20(31)27-12-16-3-1-2-10-26-16/h1-10,17-19,30H,11-13H2,(H,27,31)(H2,28,29,32)/t17-,18+,19-/m1/s1. The summed E-state index contributed by atoms with van der Waals surface area (Å²) in [5.74, 6) is -0.265. The number of nitrogens with one attached hydrogen (secondary N) is 3. The van der Waals surface area contributed by atoms with Crippen LogP contribution in [0.1, 0.15) is 17.7 Å². The van der Waals surface area contributed by atoms with Crippen molar-refractivity contribution in [3.05, 3.63) is 72.1 Å². The largest absolute Gasteiger partial charge is 0.416 e. The van der Waals surface area contributed by atoms with E-state index in [0.29, 0.717) is 5.69 Å². The molecule has 3 rings (SSSR count). The molecule has 4 N–H and O–H groups in total. The summed E-state index contributed by atoms with van der Waals surface area (Å²) in [5.41, 5.74) is 0.0549. The second-order valence-corrected chi connectivity index (χ2v) is 7.28. The molecule has 1 aromatic heterocycles. The van der Waals surface area contributed by atoms with E-state index in [9.17, 15) is 27.9 Å². The Kier molecular flexibility index (Phi) is 8.01.